The van der Waals surface area contributed by atoms with Crippen LogP contribution in [-0.4, -0.2) is 55.3 Å². The summed E-state index contributed by atoms with van der Waals surface area (Å²) in [6, 6.07) is 4.61. The molecule has 2 aliphatic rings. The molecule has 0 N–H and O–H groups in total. The van der Waals surface area contributed by atoms with Crippen LogP contribution in [0.5, 0.6) is 5.88 Å². The second-order valence-corrected chi connectivity index (χ2v) is 7.72. The number of nitrogens with zero attached hydrogens (tertiary/aromatic N) is 4. The number of carbonyl (C=O) groups is 1. The summed E-state index contributed by atoms with van der Waals surface area (Å²) in [5.74, 6) is 0.401. The van der Waals surface area contributed by atoms with E-state index >= 15 is 0 Å². The van der Waals surface area contributed by atoms with Gasteiger partial charge in [-0.2, -0.15) is 5.10 Å². The Kier molecular flexibility index (Phi) is 3.71. The van der Waals surface area contributed by atoms with Crippen LogP contribution in [0.4, 0.5) is 4.39 Å². The van der Waals surface area contributed by atoms with Gasteiger partial charge in [-0.1, -0.05) is 0 Å². The van der Waals surface area contributed by atoms with Crippen molar-refractivity contribution in [2.45, 2.75) is 17.3 Å². The second kappa shape index (κ2) is 5.77. The zero-order chi connectivity index (χ0) is 16.7. The van der Waals surface area contributed by atoms with E-state index in [0.29, 0.717) is 18.8 Å². The molecule has 0 saturated carbocycles. The molecule has 2 saturated heterocycles. The number of carbonyl (C=O) groups excluding carboxylic acids is 1. The molecule has 0 unspecified atom stereocenters. The van der Waals surface area contributed by atoms with E-state index in [0.717, 1.165) is 12.2 Å². The van der Waals surface area contributed by atoms with E-state index in [9.17, 15) is 9.18 Å². The number of aryl methyl sites for hydroxylation is 1. The highest BCUT2D eigenvalue weighted by Crippen LogP contribution is 2.46. The molecule has 2 aliphatic heterocycles. The predicted molar refractivity (Wildman–Crippen MR) is 87.5 cm³/mol. The van der Waals surface area contributed by atoms with E-state index < -0.39 is 5.82 Å². The molecule has 1 atom stereocenters. The average molecular weight is 348 g/mol. The van der Waals surface area contributed by atoms with Crippen LogP contribution < -0.4 is 4.74 Å². The van der Waals surface area contributed by atoms with Crippen LogP contribution in [0.2, 0.25) is 0 Å². The maximum absolute atomic E-state index is 13.6. The van der Waals surface area contributed by atoms with Crippen LogP contribution in [0.3, 0.4) is 0 Å². The van der Waals surface area contributed by atoms with Crippen molar-refractivity contribution in [3.8, 4) is 5.88 Å². The van der Waals surface area contributed by atoms with Crippen LogP contribution in [0.25, 0.3) is 0 Å². The molecule has 6 nitrogen and oxygen atoms in total. The highest BCUT2D eigenvalue weighted by Gasteiger charge is 2.51. The lowest BCUT2D eigenvalue weighted by Gasteiger charge is -2.47. The van der Waals surface area contributed by atoms with Gasteiger partial charge in [0.15, 0.2) is 5.82 Å². The van der Waals surface area contributed by atoms with E-state index in [4.69, 9.17) is 4.74 Å². The SMILES string of the molecule is Cn1nccc1C(=O)N1CC2(C[C@H](Oc3ncccc3F)CS2)C1. The van der Waals surface area contributed by atoms with Gasteiger partial charge in [-0.05, 0) is 18.2 Å². The fraction of sp³-hybridized carbons (Fsp3) is 0.438. The lowest BCUT2D eigenvalue weighted by atomic mass is 9.92. The van der Waals surface area contributed by atoms with Gasteiger partial charge >= 0.3 is 0 Å². The van der Waals surface area contributed by atoms with Crippen LogP contribution in [0.1, 0.15) is 16.9 Å². The summed E-state index contributed by atoms with van der Waals surface area (Å²) in [7, 11) is 1.76. The molecule has 0 aliphatic carbocycles. The molecule has 24 heavy (non-hydrogen) atoms. The van der Waals surface area contributed by atoms with E-state index in [1.54, 1.807) is 41.8 Å². The lowest BCUT2D eigenvalue weighted by molar-refractivity contribution is 0.0503. The van der Waals surface area contributed by atoms with Crippen molar-refractivity contribution in [3.63, 3.8) is 0 Å². The number of ether oxygens (including phenoxy) is 1. The summed E-state index contributed by atoms with van der Waals surface area (Å²) < 4.78 is 20.9. The molecule has 1 amide bonds. The van der Waals surface area contributed by atoms with E-state index in [-0.39, 0.29) is 22.6 Å². The number of pyridine rings is 1. The van der Waals surface area contributed by atoms with Crippen molar-refractivity contribution < 1.29 is 13.9 Å². The van der Waals surface area contributed by atoms with Crippen LogP contribution in [-0.2, 0) is 7.05 Å². The van der Waals surface area contributed by atoms with E-state index in [2.05, 4.69) is 10.1 Å². The summed E-state index contributed by atoms with van der Waals surface area (Å²) in [5.41, 5.74) is 0.594. The molecule has 0 aromatic carbocycles. The zero-order valence-corrected chi connectivity index (χ0v) is 14.0. The minimum absolute atomic E-state index is 0.00126. The first-order chi connectivity index (χ1) is 11.6. The quantitative estimate of drug-likeness (QED) is 0.845. The molecule has 2 aromatic heterocycles. The van der Waals surface area contributed by atoms with E-state index in [1.807, 2.05) is 4.90 Å². The van der Waals surface area contributed by atoms with Crippen molar-refractivity contribution in [1.29, 1.82) is 0 Å². The molecule has 8 heteroatoms. The van der Waals surface area contributed by atoms with Crippen molar-refractivity contribution in [1.82, 2.24) is 19.7 Å². The fourth-order valence-electron chi connectivity index (χ4n) is 3.25. The second-order valence-electron chi connectivity index (χ2n) is 6.23. The molecule has 126 valence electrons. The van der Waals surface area contributed by atoms with Crippen molar-refractivity contribution in [2.24, 2.45) is 7.05 Å². The number of amides is 1. The van der Waals surface area contributed by atoms with Gasteiger partial charge in [-0.25, -0.2) is 9.37 Å². The fourth-order valence-corrected chi connectivity index (χ4v) is 4.78. The summed E-state index contributed by atoms with van der Waals surface area (Å²) in [5, 5.41) is 4.04. The third-order valence-corrected chi connectivity index (χ3v) is 6.04. The molecular formula is C16H17FN4O2S. The Morgan fingerprint density at radius 3 is 2.96 bits per heavy atom. The highest BCUT2D eigenvalue weighted by molar-refractivity contribution is 8.01. The van der Waals surface area contributed by atoms with Crippen molar-refractivity contribution in [3.05, 3.63) is 42.1 Å². The Balaban J connectivity index is 1.36. The Hall–Kier alpha value is -2.09. The first-order valence-electron chi connectivity index (χ1n) is 7.75. The third-order valence-electron chi connectivity index (χ3n) is 4.46. The monoisotopic (exact) mass is 348 g/mol. The highest BCUT2D eigenvalue weighted by atomic mass is 32.2. The maximum atomic E-state index is 13.6. The molecule has 4 rings (SSSR count). The molecule has 2 fully saturated rings. The summed E-state index contributed by atoms with van der Waals surface area (Å²) >= 11 is 1.80. The van der Waals surface area contributed by atoms with Gasteiger partial charge in [-0.15, -0.1) is 11.8 Å². The molecule has 1 spiro atoms. The summed E-state index contributed by atoms with van der Waals surface area (Å²) in [6.07, 6.45) is 3.86. The van der Waals surface area contributed by atoms with Gasteiger partial charge in [0.05, 0.1) is 4.75 Å². The molecule has 4 heterocycles. The third kappa shape index (κ3) is 2.64. The number of rotatable bonds is 3. The zero-order valence-electron chi connectivity index (χ0n) is 13.2. The number of halogens is 1. The molecule has 0 radical (unpaired) electrons. The molecular weight excluding hydrogens is 331 g/mol. The first kappa shape index (κ1) is 15.4. The number of aromatic nitrogens is 3. The molecule has 0 bridgehead atoms. The average Bonchev–Trinajstić information content (AvgIpc) is 3.14. The van der Waals surface area contributed by atoms with Crippen LogP contribution in [0, 0.1) is 5.82 Å². The number of hydrogen-bond acceptors (Lipinski definition) is 5. The number of likely N-dealkylation sites (tertiary alicyclic amines) is 1. The number of hydrogen-bond donors (Lipinski definition) is 0. The Morgan fingerprint density at radius 2 is 2.25 bits per heavy atom. The van der Waals surface area contributed by atoms with Gasteiger partial charge < -0.3 is 9.64 Å². The van der Waals surface area contributed by atoms with Gasteiger partial charge in [0.25, 0.3) is 11.8 Å². The van der Waals surface area contributed by atoms with Gasteiger partial charge in [0.1, 0.15) is 11.8 Å². The smallest absolute Gasteiger partial charge is 0.272 e. The normalized spacial score (nSPS) is 21.8. The van der Waals surface area contributed by atoms with Gasteiger partial charge in [0.2, 0.25) is 0 Å². The Bertz CT molecular complexity index is 775. The Labute approximate surface area is 143 Å². The Morgan fingerprint density at radius 1 is 1.42 bits per heavy atom. The largest absolute Gasteiger partial charge is 0.471 e. The van der Waals surface area contributed by atoms with E-state index in [1.165, 1.54) is 12.3 Å². The minimum atomic E-state index is -0.440. The predicted octanol–water partition coefficient (Wildman–Crippen LogP) is 1.73. The van der Waals surface area contributed by atoms with Crippen LogP contribution >= 0.6 is 11.8 Å². The van der Waals surface area contributed by atoms with Crippen molar-refractivity contribution in [2.75, 3.05) is 18.8 Å². The maximum Gasteiger partial charge on any atom is 0.272 e. The van der Waals surface area contributed by atoms with Gasteiger partial charge in [0, 0.05) is 44.7 Å². The summed E-state index contributed by atoms with van der Waals surface area (Å²) in [4.78, 5) is 18.2. The van der Waals surface area contributed by atoms with Crippen LogP contribution in [0.15, 0.2) is 30.6 Å². The topological polar surface area (TPSA) is 60.2 Å². The first-order valence-corrected chi connectivity index (χ1v) is 8.73. The standard InChI is InChI=1S/C16H17FN4O2S/c1-20-13(4-6-19-20)15(22)21-9-16(10-21)7-11(8-24-16)23-14-12(17)3-2-5-18-14/h2-6,11H,7-10H2,1H3/t11-/m0/s1. The lowest BCUT2D eigenvalue weighted by Crippen LogP contribution is -2.61. The number of thioether (sulfide) groups is 1. The van der Waals surface area contributed by atoms with Gasteiger partial charge in [-0.3, -0.25) is 9.48 Å². The van der Waals surface area contributed by atoms with Crippen molar-refractivity contribution >= 4 is 17.7 Å². The summed E-state index contributed by atoms with van der Waals surface area (Å²) in [6.45, 7) is 1.37. The minimum Gasteiger partial charge on any atom is -0.471 e. The molecule has 2 aromatic rings.